The highest BCUT2D eigenvalue weighted by atomic mass is 32.2. The monoisotopic (exact) mass is 352 g/mol. The van der Waals surface area contributed by atoms with Gasteiger partial charge in [-0.3, -0.25) is 4.90 Å². The summed E-state index contributed by atoms with van der Waals surface area (Å²) in [6.45, 7) is 2.65. The molecule has 0 atom stereocenters. The smallest absolute Gasteiger partial charge is 0.294 e. The summed E-state index contributed by atoms with van der Waals surface area (Å²) in [7, 11) is -0.500. The molecular weight excluding hydrogens is 332 g/mol. The van der Waals surface area contributed by atoms with Crippen LogP contribution in [0, 0.1) is 0 Å². The normalized spacial score (nSPS) is 15.6. The highest BCUT2D eigenvalue weighted by Gasteiger charge is 2.23. The minimum Gasteiger partial charge on any atom is -0.294 e. The molecule has 0 aliphatic carbocycles. The summed E-state index contributed by atoms with van der Waals surface area (Å²) >= 11 is 1.42. The average molecular weight is 352 g/mol. The van der Waals surface area contributed by atoms with E-state index in [-0.39, 0.29) is 0 Å². The summed E-state index contributed by atoms with van der Waals surface area (Å²) in [5, 5.41) is 0.449. The molecule has 0 radical (unpaired) electrons. The van der Waals surface area contributed by atoms with E-state index in [1.807, 2.05) is 18.2 Å². The molecule has 2 aromatic rings. The van der Waals surface area contributed by atoms with Gasteiger partial charge in [-0.05, 0) is 5.56 Å². The molecule has 0 saturated carbocycles. The molecule has 6 nitrogen and oxygen atoms in total. The second kappa shape index (κ2) is 6.56. The molecule has 0 spiro atoms. The van der Waals surface area contributed by atoms with Crippen LogP contribution in [0.25, 0.3) is 0 Å². The zero-order valence-corrected chi connectivity index (χ0v) is 14.8. The highest BCUT2D eigenvalue weighted by molar-refractivity contribution is 7.90. The van der Waals surface area contributed by atoms with Crippen molar-refractivity contribution in [2.45, 2.75) is 19.5 Å². The highest BCUT2D eigenvalue weighted by Crippen LogP contribution is 2.29. The third-order valence-electron chi connectivity index (χ3n) is 3.76. The molecule has 23 heavy (non-hydrogen) atoms. The Morgan fingerprint density at radius 1 is 1.30 bits per heavy atom. The standard InChI is InChI=1S/C15H20N4O2S2/c1-18(2)23(20,21)17-15-16-13-8-9-19(11-14(13)22-15)10-12-6-4-3-5-7-12/h3-7H,8-11H2,1-2H3,(H,16,17). The van der Waals surface area contributed by atoms with Crippen LogP contribution in [-0.4, -0.2) is 43.2 Å². The minimum atomic E-state index is -3.50. The molecule has 0 fully saturated rings. The molecule has 2 heterocycles. The summed E-state index contributed by atoms with van der Waals surface area (Å²) in [5.41, 5.74) is 2.30. The van der Waals surface area contributed by atoms with Gasteiger partial charge in [0.1, 0.15) is 0 Å². The summed E-state index contributed by atoms with van der Waals surface area (Å²) in [6, 6.07) is 10.4. The van der Waals surface area contributed by atoms with E-state index < -0.39 is 10.2 Å². The van der Waals surface area contributed by atoms with E-state index >= 15 is 0 Å². The van der Waals surface area contributed by atoms with Gasteiger partial charge < -0.3 is 0 Å². The van der Waals surface area contributed by atoms with Gasteiger partial charge in [0.05, 0.1) is 5.69 Å². The molecule has 8 heteroatoms. The van der Waals surface area contributed by atoms with Crippen LogP contribution < -0.4 is 4.72 Å². The number of hydrogen-bond acceptors (Lipinski definition) is 5. The molecule has 0 unspecified atom stereocenters. The molecule has 0 bridgehead atoms. The van der Waals surface area contributed by atoms with E-state index in [2.05, 4.69) is 26.7 Å². The fourth-order valence-corrected chi connectivity index (χ4v) is 4.30. The van der Waals surface area contributed by atoms with Crippen molar-refractivity contribution in [2.24, 2.45) is 0 Å². The molecule has 3 rings (SSSR count). The number of nitrogens with zero attached hydrogens (tertiary/aromatic N) is 3. The lowest BCUT2D eigenvalue weighted by Crippen LogP contribution is -2.29. The Bertz CT molecular complexity index is 772. The number of nitrogens with one attached hydrogen (secondary N) is 1. The van der Waals surface area contributed by atoms with E-state index in [0.29, 0.717) is 5.13 Å². The number of anilines is 1. The number of thiazole rings is 1. The van der Waals surface area contributed by atoms with Gasteiger partial charge in [0.15, 0.2) is 5.13 Å². The lowest BCUT2D eigenvalue weighted by atomic mass is 10.1. The first-order chi connectivity index (χ1) is 10.9. The van der Waals surface area contributed by atoms with Gasteiger partial charge in [-0.25, -0.2) is 9.71 Å². The first kappa shape index (κ1) is 16.4. The third kappa shape index (κ3) is 3.89. The zero-order valence-electron chi connectivity index (χ0n) is 13.2. The number of aromatic nitrogens is 1. The maximum Gasteiger partial charge on any atom is 0.302 e. The lowest BCUT2D eigenvalue weighted by molar-refractivity contribution is 0.247. The van der Waals surface area contributed by atoms with Crippen LogP contribution in [-0.2, 0) is 29.7 Å². The second-order valence-corrected chi connectivity index (χ2v) is 8.69. The maximum atomic E-state index is 11.9. The van der Waals surface area contributed by atoms with Crippen molar-refractivity contribution in [1.29, 1.82) is 0 Å². The van der Waals surface area contributed by atoms with Crippen molar-refractivity contribution in [3.05, 3.63) is 46.5 Å². The van der Waals surface area contributed by atoms with Gasteiger partial charge in [-0.2, -0.15) is 12.7 Å². The molecule has 1 N–H and O–H groups in total. The Labute approximate surface area is 140 Å². The number of rotatable bonds is 5. The molecule has 124 valence electrons. The predicted octanol–water partition coefficient (Wildman–Crippen LogP) is 1.92. The molecule has 0 amide bonds. The van der Waals surface area contributed by atoms with Gasteiger partial charge in [0, 0.05) is 45.0 Å². The Balaban J connectivity index is 1.70. The lowest BCUT2D eigenvalue weighted by Gasteiger charge is -2.25. The SMILES string of the molecule is CN(C)S(=O)(=O)Nc1nc2c(s1)CN(Cc1ccccc1)CC2. The third-order valence-corrected chi connectivity index (χ3v) is 6.30. The van der Waals surface area contributed by atoms with Gasteiger partial charge in [0.25, 0.3) is 0 Å². The summed E-state index contributed by atoms with van der Waals surface area (Å²) < 4.78 is 27.5. The van der Waals surface area contributed by atoms with Gasteiger partial charge >= 0.3 is 10.2 Å². The van der Waals surface area contributed by atoms with Gasteiger partial charge in [0.2, 0.25) is 0 Å². The van der Waals surface area contributed by atoms with Crippen LogP contribution in [0.2, 0.25) is 0 Å². The van der Waals surface area contributed by atoms with E-state index in [0.717, 1.165) is 40.9 Å². The van der Waals surface area contributed by atoms with Gasteiger partial charge in [-0.1, -0.05) is 41.7 Å². The fraction of sp³-hybridized carbons (Fsp3) is 0.400. The number of fused-ring (bicyclic) bond motifs is 1. The summed E-state index contributed by atoms with van der Waals surface area (Å²) in [6.07, 6.45) is 0.850. The first-order valence-corrected chi connectivity index (χ1v) is 9.65. The Hall–Kier alpha value is -1.48. The van der Waals surface area contributed by atoms with E-state index in [1.165, 1.54) is 31.0 Å². The maximum absolute atomic E-state index is 11.9. The Morgan fingerprint density at radius 2 is 2.04 bits per heavy atom. The van der Waals surface area contributed by atoms with E-state index in [9.17, 15) is 8.42 Å². The average Bonchev–Trinajstić information content (AvgIpc) is 2.88. The van der Waals surface area contributed by atoms with Crippen LogP contribution >= 0.6 is 11.3 Å². The van der Waals surface area contributed by atoms with Crippen LogP contribution in [0.1, 0.15) is 16.1 Å². The molecule has 0 saturated heterocycles. The second-order valence-electron chi connectivity index (χ2n) is 5.72. The Kier molecular flexibility index (Phi) is 4.67. The molecule has 1 aliphatic heterocycles. The summed E-state index contributed by atoms with van der Waals surface area (Å²) in [5.74, 6) is 0. The van der Waals surface area contributed by atoms with Crippen LogP contribution in [0.15, 0.2) is 30.3 Å². The van der Waals surface area contributed by atoms with Crippen molar-refractivity contribution < 1.29 is 8.42 Å². The first-order valence-electron chi connectivity index (χ1n) is 7.39. The van der Waals surface area contributed by atoms with Crippen LogP contribution in [0.5, 0.6) is 0 Å². The van der Waals surface area contributed by atoms with Crippen molar-refractivity contribution in [3.63, 3.8) is 0 Å². The molecule has 1 aromatic carbocycles. The summed E-state index contributed by atoms with van der Waals surface area (Å²) in [4.78, 5) is 7.94. The van der Waals surface area contributed by atoms with E-state index in [4.69, 9.17) is 0 Å². The molecular formula is C15H20N4O2S2. The quantitative estimate of drug-likeness (QED) is 0.893. The van der Waals surface area contributed by atoms with Crippen molar-refractivity contribution in [3.8, 4) is 0 Å². The topological polar surface area (TPSA) is 65.5 Å². The van der Waals surface area contributed by atoms with Crippen LogP contribution in [0.4, 0.5) is 5.13 Å². The number of benzene rings is 1. The fourth-order valence-electron chi connectivity index (χ4n) is 2.47. The van der Waals surface area contributed by atoms with Crippen molar-refractivity contribution >= 4 is 26.7 Å². The Morgan fingerprint density at radius 3 is 2.74 bits per heavy atom. The van der Waals surface area contributed by atoms with E-state index in [1.54, 1.807) is 0 Å². The predicted molar refractivity (Wildman–Crippen MR) is 92.6 cm³/mol. The zero-order chi connectivity index (χ0) is 16.4. The molecule has 1 aliphatic rings. The van der Waals surface area contributed by atoms with Crippen molar-refractivity contribution in [1.82, 2.24) is 14.2 Å². The number of hydrogen-bond donors (Lipinski definition) is 1. The van der Waals surface area contributed by atoms with Crippen molar-refractivity contribution in [2.75, 3.05) is 25.4 Å². The minimum absolute atomic E-state index is 0.449. The molecule has 1 aromatic heterocycles. The van der Waals surface area contributed by atoms with Gasteiger partial charge in [-0.15, -0.1) is 0 Å². The van der Waals surface area contributed by atoms with Crippen LogP contribution in [0.3, 0.4) is 0 Å². The largest absolute Gasteiger partial charge is 0.302 e.